The normalized spacial score (nSPS) is 26.3. The van der Waals surface area contributed by atoms with Gasteiger partial charge in [-0.25, -0.2) is 13.2 Å². The standard InChI is InChI=1S/C19H25F3N2O3/c1-27-15-3-4-16(20)14(11-15)12-24-8-2-5-18(26,17(24)25)13-23-9-6-19(21,22)7-10-23/h3-4,11,26H,2,5-10,12-13H2,1H3/t18-/m1/s1. The highest BCUT2D eigenvalue weighted by Gasteiger charge is 2.45. The number of β-amino-alcohol motifs (C(OH)–C–C–N with tert-alkyl or cyclic N) is 1. The summed E-state index contributed by atoms with van der Waals surface area (Å²) < 4.78 is 45.8. The van der Waals surface area contributed by atoms with Crippen molar-refractivity contribution in [3.05, 3.63) is 29.6 Å². The van der Waals surface area contributed by atoms with E-state index in [2.05, 4.69) is 0 Å². The Hall–Kier alpha value is -1.80. The number of nitrogens with zero attached hydrogens (tertiary/aromatic N) is 2. The van der Waals surface area contributed by atoms with Crippen LogP contribution in [0.4, 0.5) is 13.2 Å². The molecule has 150 valence electrons. The van der Waals surface area contributed by atoms with Crippen LogP contribution >= 0.6 is 0 Å². The molecule has 27 heavy (non-hydrogen) atoms. The molecule has 1 N–H and O–H groups in total. The summed E-state index contributed by atoms with van der Waals surface area (Å²) in [6.45, 7) is 0.761. The van der Waals surface area contributed by atoms with E-state index in [0.717, 1.165) is 0 Å². The first-order valence-electron chi connectivity index (χ1n) is 9.17. The zero-order chi connectivity index (χ0) is 19.7. The second-order valence-electron chi connectivity index (χ2n) is 7.45. The summed E-state index contributed by atoms with van der Waals surface area (Å²) in [7, 11) is 1.48. The van der Waals surface area contributed by atoms with Crippen LogP contribution in [0, 0.1) is 5.82 Å². The molecule has 0 saturated carbocycles. The van der Waals surface area contributed by atoms with Crippen molar-refractivity contribution < 1.29 is 27.8 Å². The highest BCUT2D eigenvalue weighted by atomic mass is 19.3. The largest absolute Gasteiger partial charge is 0.497 e. The molecule has 0 radical (unpaired) electrons. The third-order valence-electron chi connectivity index (χ3n) is 5.39. The Morgan fingerprint density at radius 3 is 2.56 bits per heavy atom. The van der Waals surface area contributed by atoms with E-state index in [9.17, 15) is 23.1 Å². The van der Waals surface area contributed by atoms with E-state index in [4.69, 9.17) is 4.74 Å². The Balaban J connectivity index is 1.68. The number of carbonyl (C=O) groups is 1. The summed E-state index contributed by atoms with van der Waals surface area (Å²) in [6, 6.07) is 4.31. The van der Waals surface area contributed by atoms with Gasteiger partial charge in [0, 0.05) is 51.1 Å². The van der Waals surface area contributed by atoms with Crippen molar-refractivity contribution in [2.24, 2.45) is 0 Å². The second-order valence-corrected chi connectivity index (χ2v) is 7.45. The molecule has 1 aromatic carbocycles. The lowest BCUT2D eigenvalue weighted by molar-refractivity contribution is -0.162. The number of benzene rings is 1. The molecule has 2 aliphatic heterocycles. The number of aliphatic hydroxyl groups is 1. The summed E-state index contributed by atoms with van der Waals surface area (Å²) in [4.78, 5) is 16.0. The van der Waals surface area contributed by atoms with E-state index in [-0.39, 0.29) is 45.4 Å². The zero-order valence-corrected chi connectivity index (χ0v) is 15.4. The summed E-state index contributed by atoms with van der Waals surface area (Å²) in [5.74, 6) is -3.12. The summed E-state index contributed by atoms with van der Waals surface area (Å²) in [5.41, 5.74) is -1.32. The van der Waals surface area contributed by atoms with E-state index < -0.39 is 23.2 Å². The van der Waals surface area contributed by atoms with Crippen LogP contribution in [0.15, 0.2) is 18.2 Å². The Kier molecular flexibility index (Phi) is 5.67. The molecule has 0 aliphatic carbocycles. The summed E-state index contributed by atoms with van der Waals surface area (Å²) >= 11 is 0. The van der Waals surface area contributed by atoms with Gasteiger partial charge in [0.05, 0.1) is 7.11 Å². The van der Waals surface area contributed by atoms with E-state index >= 15 is 0 Å². The fourth-order valence-electron chi connectivity index (χ4n) is 3.78. The van der Waals surface area contributed by atoms with Crippen LogP contribution in [0.2, 0.25) is 0 Å². The number of alkyl halides is 2. The van der Waals surface area contributed by atoms with E-state index in [0.29, 0.717) is 24.3 Å². The fourth-order valence-corrected chi connectivity index (χ4v) is 3.78. The molecule has 0 unspecified atom stereocenters. The van der Waals surface area contributed by atoms with Crippen LogP contribution < -0.4 is 4.74 Å². The highest BCUT2D eigenvalue weighted by Crippen LogP contribution is 2.31. The van der Waals surface area contributed by atoms with Gasteiger partial charge in [-0.2, -0.15) is 0 Å². The third-order valence-corrected chi connectivity index (χ3v) is 5.39. The minimum Gasteiger partial charge on any atom is -0.497 e. The number of likely N-dealkylation sites (tertiary alicyclic amines) is 2. The summed E-state index contributed by atoms with van der Waals surface area (Å²) in [5, 5.41) is 10.9. The lowest BCUT2D eigenvalue weighted by atomic mass is 9.90. The maximum atomic E-state index is 14.1. The van der Waals surface area contributed by atoms with Gasteiger partial charge >= 0.3 is 0 Å². The van der Waals surface area contributed by atoms with Crippen molar-refractivity contribution in [3.63, 3.8) is 0 Å². The van der Waals surface area contributed by atoms with Gasteiger partial charge in [-0.15, -0.1) is 0 Å². The van der Waals surface area contributed by atoms with Crippen molar-refractivity contribution in [1.29, 1.82) is 0 Å². The van der Waals surface area contributed by atoms with Gasteiger partial charge in [-0.1, -0.05) is 0 Å². The Labute approximate surface area is 156 Å². The zero-order valence-electron chi connectivity index (χ0n) is 15.4. The molecular formula is C19H25F3N2O3. The monoisotopic (exact) mass is 386 g/mol. The van der Waals surface area contributed by atoms with Gasteiger partial charge in [-0.3, -0.25) is 9.69 Å². The van der Waals surface area contributed by atoms with Crippen molar-refractivity contribution in [1.82, 2.24) is 9.80 Å². The van der Waals surface area contributed by atoms with Crippen molar-refractivity contribution >= 4 is 5.91 Å². The number of hydrogen-bond donors (Lipinski definition) is 1. The molecule has 0 aromatic heterocycles. The average molecular weight is 386 g/mol. The molecule has 1 amide bonds. The maximum Gasteiger partial charge on any atom is 0.256 e. The number of hydrogen-bond acceptors (Lipinski definition) is 4. The summed E-state index contributed by atoms with van der Waals surface area (Å²) in [6.07, 6.45) is 0.305. The quantitative estimate of drug-likeness (QED) is 0.845. The number of methoxy groups -OCH3 is 1. The molecule has 8 heteroatoms. The minimum atomic E-state index is -2.67. The van der Waals surface area contributed by atoms with Gasteiger partial charge < -0.3 is 14.7 Å². The molecule has 5 nitrogen and oxygen atoms in total. The molecule has 1 atom stereocenters. The number of rotatable bonds is 5. The minimum absolute atomic E-state index is 0.0268. The van der Waals surface area contributed by atoms with Crippen molar-refractivity contribution in [2.75, 3.05) is 33.3 Å². The predicted molar refractivity (Wildman–Crippen MR) is 93.2 cm³/mol. The Morgan fingerprint density at radius 2 is 1.89 bits per heavy atom. The average Bonchev–Trinajstić information content (AvgIpc) is 2.63. The van der Waals surface area contributed by atoms with E-state index in [1.165, 1.54) is 30.2 Å². The van der Waals surface area contributed by atoms with E-state index in [1.54, 1.807) is 4.90 Å². The molecular weight excluding hydrogens is 361 g/mol. The third kappa shape index (κ3) is 4.55. The van der Waals surface area contributed by atoms with Crippen LogP contribution in [-0.4, -0.2) is 65.6 Å². The smallest absolute Gasteiger partial charge is 0.256 e. The lowest BCUT2D eigenvalue weighted by Crippen LogP contribution is -2.59. The van der Waals surface area contributed by atoms with Crippen LogP contribution in [-0.2, 0) is 11.3 Å². The molecule has 0 bridgehead atoms. The van der Waals surface area contributed by atoms with Crippen molar-refractivity contribution in [3.8, 4) is 5.75 Å². The molecule has 1 aromatic rings. The molecule has 2 saturated heterocycles. The first-order chi connectivity index (χ1) is 12.7. The maximum absolute atomic E-state index is 14.1. The molecule has 3 rings (SSSR count). The number of carbonyl (C=O) groups excluding carboxylic acids is 1. The fraction of sp³-hybridized carbons (Fsp3) is 0.632. The molecule has 0 spiro atoms. The first-order valence-corrected chi connectivity index (χ1v) is 9.17. The number of piperidine rings is 2. The number of halogens is 3. The second kappa shape index (κ2) is 7.67. The Morgan fingerprint density at radius 1 is 1.19 bits per heavy atom. The van der Waals surface area contributed by atoms with Crippen LogP contribution in [0.25, 0.3) is 0 Å². The van der Waals surface area contributed by atoms with E-state index in [1.807, 2.05) is 0 Å². The predicted octanol–water partition coefficient (Wildman–Crippen LogP) is 2.42. The van der Waals surface area contributed by atoms with Gasteiger partial charge in [0.15, 0.2) is 5.60 Å². The van der Waals surface area contributed by atoms with Crippen molar-refractivity contribution in [2.45, 2.75) is 43.8 Å². The van der Waals surface area contributed by atoms with Gasteiger partial charge in [0.2, 0.25) is 0 Å². The topological polar surface area (TPSA) is 53.0 Å². The Bertz CT molecular complexity index is 691. The molecule has 2 aliphatic rings. The van der Waals surface area contributed by atoms with Gasteiger partial charge in [0.25, 0.3) is 11.8 Å². The number of amides is 1. The SMILES string of the molecule is COc1ccc(F)c(CN2CCC[C@@](O)(CN3CCC(F)(F)CC3)C2=O)c1. The lowest BCUT2D eigenvalue weighted by Gasteiger charge is -2.42. The van der Waals surface area contributed by atoms with Gasteiger partial charge in [0.1, 0.15) is 11.6 Å². The van der Waals surface area contributed by atoms with Crippen LogP contribution in [0.3, 0.4) is 0 Å². The number of ether oxygens (including phenoxy) is 1. The molecule has 2 fully saturated rings. The van der Waals surface area contributed by atoms with Crippen LogP contribution in [0.1, 0.15) is 31.2 Å². The molecule has 2 heterocycles. The van der Waals surface area contributed by atoms with Crippen LogP contribution in [0.5, 0.6) is 5.75 Å². The van der Waals surface area contributed by atoms with Gasteiger partial charge in [-0.05, 0) is 31.0 Å². The highest BCUT2D eigenvalue weighted by molar-refractivity contribution is 5.86. The first kappa shape index (κ1) is 19.9.